The molecule has 1 aromatic rings. The first-order chi connectivity index (χ1) is 9.79. The van der Waals surface area contributed by atoms with Gasteiger partial charge in [-0.3, -0.25) is 4.90 Å². The molecule has 1 saturated heterocycles. The van der Waals surface area contributed by atoms with Crippen LogP contribution in [0.3, 0.4) is 0 Å². The molecule has 0 amide bonds. The fraction of sp³-hybridized carbons (Fsp3) is 0.538. The average molecular weight is 382 g/mol. The number of halogens is 7. The number of benzene rings is 1. The lowest BCUT2D eigenvalue weighted by Gasteiger charge is -2.36. The summed E-state index contributed by atoms with van der Waals surface area (Å²) in [6, 6.07) is 1.40. The molecule has 0 aliphatic carbocycles. The third-order valence-electron chi connectivity index (χ3n) is 3.43. The molecule has 0 spiro atoms. The standard InChI is InChI=1S/C13H14Cl2F4N2.ClH/c14-8-1-2-9(15)12(16)11(8)10(7-13(17,18)19)21-5-3-20-4-6-21;/h1-2,10,20H,3-7H2;1H/t10-;/m1./s1. The first-order valence-electron chi connectivity index (χ1n) is 6.44. The van der Waals surface area contributed by atoms with Gasteiger partial charge in [0.15, 0.2) is 0 Å². The number of alkyl halides is 3. The van der Waals surface area contributed by atoms with E-state index in [0.717, 1.165) is 0 Å². The van der Waals surface area contributed by atoms with Crippen molar-refractivity contribution < 1.29 is 17.6 Å². The molecule has 126 valence electrons. The highest BCUT2D eigenvalue weighted by Crippen LogP contribution is 2.39. The Balaban J connectivity index is 0.00000242. The normalized spacial score (nSPS) is 17.9. The van der Waals surface area contributed by atoms with Crippen molar-refractivity contribution in [2.24, 2.45) is 0 Å². The van der Waals surface area contributed by atoms with Crippen LogP contribution in [-0.4, -0.2) is 37.3 Å². The molecule has 1 fully saturated rings. The van der Waals surface area contributed by atoms with E-state index in [2.05, 4.69) is 5.32 Å². The van der Waals surface area contributed by atoms with Crippen molar-refractivity contribution >= 4 is 35.6 Å². The molecule has 0 unspecified atom stereocenters. The van der Waals surface area contributed by atoms with Crippen molar-refractivity contribution in [1.29, 1.82) is 0 Å². The highest BCUT2D eigenvalue weighted by atomic mass is 35.5. The van der Waals surface area contributed by atoms with Crippen molar-refractivity contribution in [3.63, 3.8) is 0 Å². The largest absolute Gasteiger partial charge is 0.390 e. The van der Waals surface area contributed by atoms with Gasteiger partial charge >= 0.3 is 6.18 Å². The molecule has 1 aliphatic rings. The molecule has 2 nitrogen and oxygen atoms in total. The van der Waals surface area contributed by atoms with Crippen molar-refractivity contribution in [2.75, 3.05) is 26.2 Å². The number of hydrogen-bond acceptors (Lipinski definition) is 2. The van der Waals surface area contributed by atoms with E-state index in [-0.39, 0.29) is 28.0 Å². The van der Waals surface area contributed by atoms with Crippen LogP contribution in [0.1, 0.15) is 18.0 Å². The highest BCUT2D eigenvalue weighted by molar-refractivity contribution is 6.33. The van der Waals surface area contributed by atoms with E-state index in [1.165, 1.54) is 12.1 Å². The number of piperazine rings is 1. The summed E-state index contributed by atoms with van der Waals surface area (Å²) >= 11 is 11.6. The molecule has 9 heteroatoms. The minimum atomic E-state index is -4.42. The van der Waals surface area contributed by atoms with Gasteiger partial charge in [0, 0.05) is 42.8 Å². The first-order valence-corrected chi connectivity index (χ1v) is 7.20. The van der Waals surface area contributed by atoms with E-state index in [1.807, 2.05) is 0 Å². The van der Waals surface area contributed by atoms with Gasteiger partial charge < -0.3 is 5.32 Å². The molecule has 1 N–H and O–H groups in total. The third kappa shape index (κ3) is 4.86. The third-order valence-corrected chi connectivity index (χ3v) is 4.05. The molecule has 1 aliphatic heterocycles. The van der Waals surface area contributed by atoms with Crippen LogP contribution >= 0.6 is 35.6 Å². The lowest BCUT2D eigenvalue weighted by molar-refractivity contribution is -0.149. The maximum Gasteiger partial charge on any atom is 0.390 e. The minimum Gasteiger partial charge on any atom is -0.314 e. The molecule has 0 bridgehead atoms. The summed E-state index contributed by atoms with van der Waals surface area (Å²) in [5.41, 5.74) is -0.177. The van der Waals surface area contributed by atoms with Crippen molar-refractivity contribution in [2.45, 2.75) is 18.6 Å². The van der Waals surface area contributed by atoms with Gasteiger partial charge in [-0.15, -0.1) is 12.4 Å². The Hall–Kier alpha value is -0.270. The van der Waals surface area contributed by atoms with Crippen LogP contribution in [0.4, 0.5) is 17.6 Å². The second kappa shape index (κ2) is 8.02. The predicted octanol–water partition coefficient (Wildman–Crippen LogP) is 4.45. The Labute approximate surface area is 142 Å². The Morgan fingerprint density at radius 3 is 2.23 bits per heavy atom. The Morgan fingerprint density at radius 2 is 1.68 bits per heavy atom. The molecule has 0 aromatic heterocycles. The monoisotopic (exact) mass is 380 g/mol. The van der Waals surface area contributed by atoms with Crippen molar-refractivity contribution in [3.8, 4) is 0 Å². The molecule has 1 aromatic carbocycles. The predicted molar refractivity (Wildman–Crippen MR) is 81.5 cm³/mol. The van der Waals surface area contributed by atoms with Gasteiger partial charge in [0.2, 0.25) is 0 Å². The van der Waals surface area contributed by atoms with Gasteiger partial charge in [-0.2, -0.15) is 13.2 Å². The van der Waals surface area contributed by atoms with Crippen molar-refractivity contribution in [1.82, 2.24) is 10.2 Å². The second-order valence-electron chi connectivity index (χ2n) is 4.88. The summed E-state index contributed by atoms with van der Waals surface area (Å²) in [5, 5.41) is 2.79. The van der Waals surface area contributed by atoms with Gasteiger partial charge in [0.25, 0.3) is 0 Å². The quantitative estimate of drug-likeness (QED) is 0.614. The summed E-state index contributed by atoms with van der Waals surface area (Å²) in [4.78, 5) is 1.59. The fourth-order valence-corrected chi connectivity index (χ4v) is 2.91. The van der Waals surface area contributed by atoms with Crippen molar-refractivity contribution in [3.05, 3.63) is 33.6 Å². The fourth-order valence-electron chi connectivity index (χ4n) is 2.47. The smallest absolute Gasteiger partial charge is 0.314 e. The van der Waals surface area contributed by atoms with E-state index in [4.69, 9.17) is 23.2 Å². The summed E-state index contributed by atoms with van der Waals surface area (Å²) in [5.74, 6) is -0.878. The van der Waals surface area contributed by atoms with Crippen LogP contribution < -0.4 is 5.32 Å². The van der Waals surface area contributed by atoms with Gasteiger partial charge in [-0.1, -0.05) is 23.2 Å². The summed E-state index contributed by atoms with van der Waals surface area (Å²) in [6.07, 6.45) is -5.59. The zero-order valence-electron chi connectivity index (χ0n) is 11.4. The zero-order valence-corrected chi connectivity index (χ0v) is 13.7. The summed E-state index contributed by atoms with van der Waals surface area (Å²) in [6.45, 7) is 1.88. The van der Waals surface area contributed by atoms with Gasteiger partial charge in [0.05, 0.1) is 11.4 Å². The first kappa shape index (κ1) is 19.8. The summed E-state index contributed by atoms with van der Waals surface area (Å²) in [7, 11) is 0. The zero-order chi connectivity index (χ0) is 15.6. The van der Waals surface area contributed by atoms with Crippen LogP contribution in [0, 0.1) is 5.82 Å². The lowest BCUT2D eigenvalue weighted by Crippen LogP contribution is -2.46. The number of hydrogen-bond donors (Lipinski definition) is 1. The molecule has 22 heavy (non-hydrogen) atoms. The minimum absolute atomic E-state index is 0. The van der Waals surface area contributed by atoms with Crippen LogP contribution in [0.2, 0.25) is 10.0 Å². The SMILES string of the molecule is Cl.Fc1c(Cl)ccc(Cl)c1[C@@H](CC(F)(F)F)N1CCNCC1. The van der Waals surface area contributed by atoms with E-state index < -0.39 is 24.5 Å². The Bertz CT molecular complexity index is 505. The number of nitrogens with zero attached hydrogens (tertiary/aromatic N) is 1. The van der Waals surface area contributed by atoms with Gasteiger partial charge in [0.1, 0.15) is 5.82 Å². The van der Waals surface area contributed by atoms with Crippen LogP contribution in [0.5, 0.6) is 0 Å². The van der Waals surface area contributed by atoms with Crippen LogP contribution in [-0.2, 0) is 0 Å². The molecule has 0 radical (unpaired) electrons. The second-order valence-corrected chi connectivity index (χ2v) is 5.69. The van der Waals surface area contributed by atoms with Crippen LogP contribution in [0.15, 0.2) is 12.1 Å². The van der Waals surface area contributed by atoms with Crippen LogP contribution in [0.25, 0.3) is 0 Å². The number of nitrogens with one attached hydrogen (secondary N) is 1. The number of rotatable bonds is 3. The Morgan fingerprint density at radius 1 is 1.14 bits per heavy atom. The molecular formula is C13H15Cl3F4N2. The van der Waals surface area contributed by atoms with Gasteiger partial charge in [-0.25, -0.2) is 4.39 Å². The highest BCUT2D eigenvalue weighted by Gasteiger charge is 2.38. The van der Waals surface area contributed by atoms with Gasteiger partial charge in [-0.05, 0) is 12.1 Å². The molecule has 1 atom stereocenters. The molecule has 2 rings (SSSR count). The molecule has 1 heterocycles. The lowest BCUT2D eigenvalue weighted by atomic mass is 10.00. The Kier molecular flexibility index (Phi) is 7.20. The molecule has 0 saturated carbocycles. The topological polar surface area (TPSA) is 15.3 Å². The van der Waals surface area contributed by atoms with E-state index in [0.29, 0.717) is 26.2 Å². The maximum absolute atomic E-state index is 14.2. The van der Waals surface area contributed by atoms with E-state index in [9.17, 15) is 17.6 Å². The maximum atomic E-state index is 14.2. The van der Waals surface area contributed by atoms with E-state index in [1.54, 1.807) is 4.90 Å². The molecular weight excluding hydrogens is 367 g/mol. The van der Waals surface area contributed by atoms with E-state index >= 15 is 0 Å². The average Bonchev–Trinajstić information content (AvgIpc) is 2.42. The summed E-state index contributed by atoms with van der Waals surface area (Å²) < 4.78 is 52.8.